The van der Waals surface area contributed by atoms with E-state index >= 15 is 0 Å². The van der Waals surface area contributed by atoms with Crippen molar-refractivity contribution in [3.63, 3.8) is 0 Å². The molecule has 1 aromatic rings. The summed E-state index contributed by atoms with van der Waals surface area (Å²) >= 11 is 5.96. The van der Waals surface area contributed by atoms with Gasteiger partial charge < -0.3 is 5.32 Å². The van der Waals surface area contributed by atoms with E-state index < -0.39 is 0 Å². The van der Waals surface area contributed by atoms with Crippen LogP contribution < -0.4 is 5.32 Å². The Labute approximate surface area is 119 Å². The first kappa shape index (κ1) is 14.3. The zero-order chi connectivity index (χ0) is 13.9. The second-order valence-electron chi connectivity index (χ2n) is 5.60. The summed E-state index contributed by atoms with van der Waals surface area (Å²) in [5, 5.41) is 3.55. The molecule has 2 rings (SSSR count). The molecule has 1 saturated carbocycles. The molecular formula is C15H21ClN2O. The molecule has 0 spiro atoms. The topological polar surface area (TPSA) is 42.0 Å². The van der Waals surface area contributed by atoms with Crippen LogP contribution in [0.5, 0.6) is 0 Å². The van der Waals surface area contributed by atoms with Crippen LogP contribution in [0.2, 0.25) is 5.15 Å². The van der Waals surface area contributed by atoms with E-state index in [0.717, 1.165) is 25.0 Å². The lowest BCUT2D eigenvalue weighted by molar-refractivity contribution is 0.0882. The first-order chi connectivity index (χ1) is 9.02. The number of hydrogen-bond donors (Lipinski definition) is 1. The van der Waals surface area contributed by atoms with E-state index in [9.17, 15) is 4.79 Å². The van der Waals surface area contributed by atoms with Crippen LogP contribution >= 0.6 is 11.6 Å². The molecule has 0 radical (unpaired) electrons. The molecule has 3 nitrogen and oxygen atoms in total. The monoisotopic (exact) mass is 280 g/mol. The Morgan fingerprint density at radius 1 is 1.37 bits per heavy atom. The SMILES string of the molecule is CCc1cc(C(=O)NC2(C)CCCCC2)cc(Cl)n1. The highest BCUT2D eigenvalue weighted by atomic mass is 35.5. The molecule has 4 heteroatoms. The van der Waals surface area contributed by atoms with Gasteiger partial charge in [-0.1, -0.05) is 37.8 Å². The molecule has 104 valence electrons. The van der Waals surface area contributed by atoms with E-state index in [-0.39, 0.29) is 11.4 Å². The van der Waals surface area contributed by atoms with Gasteiger partial charge in [-0.3, -0.25) is 4.79 Å². The van der Waals surface area contributed by atoms with Gasteiger partial charge in [-0.25, -0.2) is 4.98 Å². The van der Waals surface area contributed by atoms with Gasteiger partial charge in [-0.05, 0) is 38.3 Å². The van der Waals surface area contributed by atoms with Crippen LogP contribution in [-0.2, 0) is 6.42 Å². The van der Waals surface area contributed by atoms with Gasteiger partial charge in [0.2, 0.25) is 0 Å². The fourth-order valence-electron chi connectivity index (χ4n) is 2.67. The maximum atomic E-state index is 12.3. The highest BCUT2D eigenvalue weighted by Crippen LogP contribution is 2.28. The van der Waals surface area contributed by atoms with Gasteiger partial charge in [0.15, 0.2) is 0 Å². The quantitative estimate of drug-likeness (QED) is 0.857. The number of nitrogens with one attached hydrogen (secondary N) is 1. The minimum absolute atomic E-state index is 0.0385. The average molecular weight is 281 g/mol. The lowest BCUT2D eigenvalue weighted by Crippen LogP contribution is -2.47. The number of carbonyl (C=O) groups is 1. The first-order valence-corrected chi connectivity index (χ1v) is 7.39. The molecule has 0 saturated heterocycles. The molecule has 1 aromatic heterocycles. The van der Waals surface area contributed by atoms with Crippen molar-refractivity contribution in [1.29, 1.82) is 0 Å². The van der Waals surface area contributed by atoms with Crippen molar-refractivity contribution in [2.75, 3.05) is 0 Å². The molecular weight excluding hydrogens is 260 g/mol. The molecule has 1 aliphatic rings. The van der Waals surface area contributed by atoms with Crippen molar-refractivity contribution in [3.05, 3.63) is 28.5 Å². The molecule has 1 N–H and O–H groups in total. The van der Waals surface area contributed by atoms with Crippen LogP contribution in [-0.4, -0.2) is 16.4 Å². The number of pyridine rings is 1. The summed E-state index contributed by atoms with van der Waals surface area (Å²) in [6, 6.07) is 3.47. The van der Waals surface area contributed by atoms with Gasteiger partial charge in [0.25, 0.3) is 5.91 Å². The zero-order valence-corrected chi connectivity index (χ0v) is 12.4. The van der Waals surface area contributed by atoms with Crippen LogP contribution in [0.1, 0.15) is 62.0 Å². The van der Waals surface area contributed by atoms with Crippen molar-refractivity contribution < 1.29 is 4.79 Å². The van der Waals surface area contributed by atoms with E-state index in [2.05, 4.69) is 17.2 Å². The van der Waals surface area contributed by atoms with Gasteiger partial charge >= 0.3 is 0 Å². The predicted molar refractivity (Wildman–Crippen MR) is 77.6 cm³/mol. The first-order valence-electron chi connectivity index (χ1n) is 7.01. The number of nitrogens with zero attached hydrogens (tertiary/aromatic N) is 1. The zero-order valence-electron chi connectivity index (χ0n) is 11.6. The fraction of sp³-hybridized carbons (Fsp3) is 0.600. The van der Waals surface area contributed by atoms with Crippen molar-refractivity contribution in [2.24, 2.45) is 0 Å². The largest absolute Gasteiger partial charge is 0.347 e. The highest BCUT2D eigenvalue weighted by Gasteiger charge is 2.28. The number of aryl methyl sites for hydroxylation is 1. The third kappa shape index (κ3) is 3.69. The van der Waals surface area contributed by atoms with Gasteiger partial charge in [0, 0.05) is 16.8 Å². The maximum Gasteiger partial charge on any atom is 0.251 e. The summed E-state index contributed by atoms with van der Waals surface area (Å²) in [5.41, 5.74) is 1.40. The van der Waals surface area contributed by atoms with Crippen molar-refractivity contribution in [3.8, 4) is 0 Å². The Bertz CT molecular complexity index is 467. The van der Waals surface area contributed by atoms with E-state index in [4.69, 9.17) is 11.6 Å². The highest BCUT2D eigenvalue weighted by molar-refractivity contribution is 6.29. The molecule has 0 atom stereocenters. The molecule has 1 heterocycles. The van der Waals surface area contributed by atoms with E-state index in [1.165, 1.54) is 19.3 Å². The third-order valence-electron chi connectivity index (χ3n) is 3.84. The van der Waals surface area contributed by atoms with Crippen molar-refractivity contribution in [1.82, 2.24) is 10.3 Å². The van der Waals surface area contributed by atoms with Crippen molar-refractivity contribution in [2.45, 2.75) is 57.9 Å². The normalized spacial score (nSPS) is 18.1. The predicted octanol–water partition coefficient (Wildman–Crippen LogP) is 3.75. The van der Waals surface area contributed by atoms with E-state index in [1.54, 1.807) is 6.07 Å². The Hall–Kier alpha value is -1.09. The van der Waals surface area contributed by atoms with Crippen LogP contribution in [0.3, 0.4) is 0 Å². The second kappa shape index (κ2) is 5.91. The van der Waals surface area contributed by atoms with Crippen molar-refractivity contribution >= 4 is 17.5 Å². The van der Waals surface area contributed by atoms with Gasteiger partial charge in [-0.2, -0.15) is 0 Å². The van der Waals surface area contributed by atoms with E-state index in [1.807, 2.05) is 13.0 Å². The average Bonchev–Trinajstić information content (AvgIpc) is 2.38. The van der Waals surface area contributed by atoms with E-state index in [0.29, 0.717) is 10.7 Å². The smallest absolute Gasteiger partial charge is 0.251 e. The Morgan fingerprint density at radius 3 is 2.68 bits per heavy atom. The Kier molecular flexibility index (Phi) is 4.46. The summed E-state index contributed by atoms with van der Waals surface area (Å²) in [6.45, 7) is 4.14. The summed E-state index contributed by atoms with van der Waals surface area (Å²) in [4.78, 5) is 16.5. The van der Waals surface area contributed by atoms with Gasteiger partial charge in [0.05, 0.1) is 0 Å². The lowest BCUT2D eigenvalue weighted by Gasteiger charge is -2.34. The molecule has 0 unspecified atom stereocenters. The van der Waals surface area contributed by atoms with Gasteiger partial charge in [0.1, 0.15) is 5.15 Å². The van der Waals surface area contributed by atoms with Crippen LogP contribution in [0.15, 0.2) is 12.1 Å². The minimum atomic E-state index is -0.0720. The number of halogens is 1. The standard InChI is InChI=1S/C15H21ClN2O/c1-3-12-9-11(10-13(16)17-12)14(19)18-15(2)7-5-4-6-8-15/h9-10H,3-8H2,1-2H3,(H,18,19). The third-order valence-corrected chi connectivity index (χ3v) is 4.04. The lowest BCUT2D eigenvalue weighted by atomic mass is 9.83. The summed E-state index contributed by atoms with van der Waals surface area (Å²) < 4.78 is 0. The van der Waals surface area contributed by atoms with Crippen LogP contribution in [0.25, 0.3) is 0 Å². The van der Waals surface area contributed by atoms with Gasteiger partial charge in [-0.15, -0.1) is 0 Å². The van der Waals surface area contributed by atoms with Crippen LogP contribution in [0.4, 0.5) is 0 Å². The summed E-state index contributed by atoms with van der Waals surface area (Å²) in [7, 11) is 0. The van der Waals surface area contributed by atoms with Crippen LogP contribution in [0, 0.1) is 0 Å². The summed E-state index contributed by atoms with van der Waals surface area (Å²) in [6.07, 6.45) is 6.53. The molecule has 1 amide bonds. The molecule has 1 fully saturated rings. The molecule has 0 bridgehead atoms. The summed E-state index contributed by atoms with van der Waals surface area (Å²) in [5.74, 6) is -0.0385. The number of amides is 1. The Morgan fingerprint density at radius 2 is 2.05 bits per heavy atom. The number of rotatable bonds is 3. The molecule has 19 heavy (non-hydrogen) atoms. The molecule has 1 aliphatic carbocycles. The Balaban J connectivity index is 2.13. The maximum absolute atomic E-state index is 12.3. The minimum Gasteiger partial charge on any atom is -0.347 e. The number of carbonyl (C=O) groups excluding carboxylic acids is 1. The number of aromatic nitrogens is 1. The number of hydrogen-bond acceptors (Lipinski definition) is 2. The molecule has 0 aromatic carbocycles. The fourth-order valence-corrected chi connectivity index (χ4v) is 2.89. The second-order valence-corrected chi connectivity index (χ2v) is 5.99. The molecule has 0 aliphatic heterocycles.